The molecule has 1 unspecified atom stereocenters. The summed E-state index contributed by atoms with van der Waals surface area (Å²) in [6.07, 6.45) is 20.0. The number of fused-ring (bicyclic) bond motifs is 5. The molecule has 4 aliphatic heterocycles. The highest BCUT2D eigenvalue weighted by Gasteiger charge is 2.52. The van der Waals surface area contributed by atoms with Crippen LogP contribution in [0.2, 0.25) is 0 Å². The normalized spacial score (nSPS) is 24.8. The van der Waals surface area contributed by atoms with E-state index in [1.54, 1.807) is 23.4 Å². The third kappa shape index (κ3) is 8.02. The molecule has 72 heavy (non-hydrogen) atoms. The van der Waals surface area contributed by atoms with Crippen LogP contribution in [-0.2, 0) is 34.4 Å². The first-order chi connectivity index (χ1) is 35.1. The molecule has 13 rings (SSSR count). The van der Waals surface area contributed by atoms with E-state index in [0.29, 0.717) is 82.1 Å². The van der Waals surface area contributed by atoms with E-state index >= 15 is 0 Å². The molecular weight excluding hydrogens is 931 g/mol. The molecule has 1 aromatic carbocycles. The molecule has 2 atom stereocenters. The highest BCUT2D eigenvalue weighted by atomic mass is 32.1. The van der Waals surface area contributed by atoms with Gasteiger partial charge in [0.25, 0.3) is 5.91 Å². The second-order valence-electron chi connectivity index (χ2n) is 22.2. The Labute approximate surface area is 421 Å². The maximum Gasteiger partial charge on any atom is 0.255 e. The van der Waals surface area contributed by atoms with Crippen LogP contribution in [0.1, 0.15) is 145 Å². The number of nitrogens with two attached hydrogens (primary N) is 1. The number of thiophene rings is 1. The van der Waals surface area contributed by atoms with Crippen LogP contribution in [0.3, 0.4) is 0 Å². The van der Waals surface area contributed by atoms with Crippen LogP contribution in [0, 0.1) is 22.2 Å². The number of aryl methyl sites for hydroxylation is 1. The van der Waals surface area contributed by atoms with Crippen molar-refractivity contribution in [2.24, 2.45) is 10.8 Å². The van der Waals surface area contributed by atoms with Crippen LogP contribution in [0.5, 0.6) is 17.5 Å². The van der Waals surface area contributed by atoms with Crippen molar-refractivity contribution >= 4 is 34.1 Å². The first-order valence-corrected chi connectivity index (χ1v) is 26.9. The van der Waals surface area contributed by atoms with Crippen molar-refractivity contribution in [1.82, 2.24) is 45.1 Å². The van der Waals surface area contributed by atoms with Gasteiger partial charge in [-0.3, -0.25) is 19.7 Å². The zero-order chi connectivity index (χ0) is 48.8. The third-order valence-corrected chi connectivity index (χ3v) is 18.9. The van der Waals surface area contributed by atoms with E-state index in [0.717, 1.165) is 119 Å². The number of carbonyl (C=O) groups is 3. The average molecular weight is 990 g/mol. The second-order valence-corrected chi connectivity index (χ2v) is 23.3. The summed E-state index contributed by atoms with van der Waals surface area (Å²) in [5, 5.41) is 17.9. The quantitative estimate of drug-likeness (QED) is 0.125. The molecule has 8 heterocycles. The number of nitrogens with one attached hydrogen (secondary N) is 1. The average Bonchev–Trinajstić information content (AvgIpc) is 3.66. The van der Waals surface area contributed by atoms with Gasteiger partial charge in [0.2, 0.25) is 23.6 Å². The number of ether oxygens (including phenoxy) is 2. The Morgan fingerprint density at radius 2 is 1.69 bits per heavy atom. The minimum Gasteiger partial charge on any atom is -0.477 e. The van der Waals surface area contributed by atoms with E-state index < -0.39 is 11.5 Å². The maximum absolute atomic E-state index is 13.3. The number of imide groups is 1. The molecule has 0 radical (unpaired) electrons. The van der Waals surface area contributed by atoms with Gasteiger partial charge in [0.05, 0.1) is 36.0 Å². The zero-order valence-electron chi connectivity index (χ0n) is 40.5. The molecule has 17 nitrogen and oxygen atoms in total. The van der Waals surface area contributed by atoms with Gasteiger partial charge >= 0.3 is 0 Å². The number of anilines is 1. The number of nitrogen functional groups attached to an aromatic ring is 1. The van der Waals surface area contributed by atoms with Gasteiger partial charge in [-0.1, -0.05) is 17.3 Å². The third-order valence-electron chi connectivity index (χ3n) is 17.9. The SMILES string of the molecule is N#Cc1c(N)sc2c1[C@@]1(CCC2)CCCc2c(-c3nc(OCC4(CN5CCC6(CC5)CC(N5CCC(c7ccc8c(c7)CN(C7CCC(=O)NC7=O)C8=O)CC5)C6)CC4)cc(Oc4cncnc4)n3)noc21. The van der Waals surface area contributed by atoms with E-state index in [1.165, 1.54) is 53.8 Å². The van der Waals surface area contributed by atoms with Crippen LogP contribution in [0.15, 0.2) is 47.5 Å². The van der Waals surface area contributed by atoms with Crippen molar-refractivity contribution < 1.29 is 28.4 Å². The van der Waals surface area contributed by atoms with Crippen molar-refractivity contribution in [3.8, 4) is 35.1 Å². The molecule has 5 fully saturated rings. The lowest BCUT2D eigenvalue weighted by molar-refractivity contribution is -0.136. The number of benzene rings is 1. The van der Waals surface area contributed by atoms with Crippen molar-refractivity contribution in [3.05, 3.63) is 87.0 Å². The van der Waals surface area contributed by atoms with Crippen molar-refractivity contribution in [3.63, 3.8) is 0 Å². The number of likely N-dealkylation sites (tertiary alicyclic amines) is 2. The molecule has 4 aliphatic carbocycles. The van der Waals surface area contributed by atoms with Crippen molar-refractivity contribution in [2.45, 2.75) is 133 Å². The summed E-state index contributed by atoms with van der Waals surface area (Å²) >= 11 is 1.53. The van der Waals surface area contributed by atoms with Gasteiger partial charge in [0.15, 0.2) is 23.0 Å². The summed E-state index contributed by atoms with van der Waals surface area (Å²) in [7, 11) is 0. The fourth-order valence-corrected chi connectivity index (χ4v) is 14.9. The lowest BCUT2D eigenvalue weighted by atomic mass is 9.59. The summed E-state index contributed by atoms with van der Waals surface area (Å²) < 4.78 is 19.2. The summed E-state index contributed by atoms with van der Waals surface area (Å²) in [4.78, 5) is 63.9. The topological polar surface area (TPSA) is 219 Å². The smallest absolute Gasteiger partial charge is 0.255 e. The Bertz CT molecular complexity index is 3010. The molecule has 0 bridgehead atoms. The van der Waals surface area contributed by atoms with Gasteiger partial charge in [-0.2, -0.15) is 15.2 Å². The Hall–Kier alpha value is -6.29. The van der Waals surface area contributed by atoms with Gasteiger partial charge in [0.1, 0.15) is 23.4 Å². The van der Waals surface area contributed by atoms with Crippen LogP contribution in [0.25, 0.3) is 11.5 Å². The predicted octanol–water partition coefficient (Wildman–Crippen LogP) is 7.23. The Kier molecular flexibility index (Phi) is 11.2. The summed E-state index contributed by atoms with van der Waals surface area (Å²) in [5.41, 5.74) is 12.6. The minimum absolute atomic E-state index is 0.0661. The lowest BCUT2D eigenvalue weighted by Gasteiger charge is -2.56. The molecule has 3 amide bonds. The number of nitriles is 1. The molecule has 3 N–H and O–H groups in total. The fourth-order valence-electron chi connectivity index (χ4n) is 13.8. The van der Waals surface area contributed by atoms with Gasteiger partial charge in [-0.25, -0.2) is 9.97 Å². The number of hydrogen-bond donors (Lipinski definition) is 2. The number of carbonyl (C=O) groups excluding carboxylic acids is 3. The maximum atomic E-state index is 13.3. The van der Waals surface area contributed by atoms with Crippen LogP contribution < -0.4 is 20.5 Å². The molecule has 5 aromatic rings. The van der Waals surface area contributed by atoms with E-state index in [1.807, 2.05) is 6.07 Å². The molecule has 3 saturated heterocycles. The van der Waals surface area contributed by atoms with Crippen LogP contribution in [0.4, 0.5) is 5.00 Å². The molecule has 372 valence electrons. The largest absolute Gasteiger partial charge is 0.477 e. The first-order valence-electron chi connectivity index (χ1n) is 26.1. The number of aromatic nitrogens is 5. The number of hydrogen-bond acceptors (Lipinski definition) is 16. The first kappa shape index (κ1) is 45.6. The Balaban J connectivity index is 0.626. The molecule has 8 aliphatic rings. The molecule has 4 aromatic heterocycles. The fraction of sp³-hybridized carbons (Fsp3) is 0.537. The van der Waals surface area contributed by atoms with Crippen LogP contribution >= 0.6 is 11.3 Å². The highest BCUT2D eigenvalue weighted by Crippen LogP contribution is 2.56. The summed E-state index contributed by atoms with van der Waals surface area (Å²) in [5.74, 6) is 2.05. The number of amides is 3. The standard InChI is InChI=1S/C54H59N11O6S/c55-25-39-45-41(72-48(39)56)4-2-12-54(45)11-1-3-38-46(62-71-47(38)54)49-60-43(22-44(61-49)70-36-26-57-31-58-27-36)69-30-53(13-14-53)29-63-19-15-52(16-20-63)23-35(24-52)64-17-9-32(10-18-64)33-5-6-37-34(21-33)28-65(51(37)68)40-7-8-42(66)59-50(40)67/h5-6,21-22,26-27,31-32,35,40H,1-4,7-20,23-24,28-30,56H2,(H,59,66,67)/t40?,54-/m0/s1. The summed E-state index contributed by atoms with van der Waals surface area (Å²) in [6.45, 7) is 6.39. The van der Waals surface area contributed by atoms with Gasteiger partial charge in [0, 0.05) is 47.0 Å². The Morgan fingerprint density at radius 1 is 0.917 bits per heavy atom. The number of nitrogens with zero attached hydrogens (tertiary/aromatic N) is 9. The zero-order valence-corrected chi connectivity index (χ0v) is 41.3. The van der Waals surface area contributed by atoms with E-state index in [4.69, 9.17) is 29.7 Å². The predicted molar refractivity (Wildman–Crippen MR) is 264 cm³/mol. The van der Waals surface area contributed by atoms with Gasteiger partial charge < -0.3 is 34.4 Å². The molecule has 2 saturated carbocycles. The second kappa shape index (κ2) is 17.7. The van der Waals surface area contributed by atoms with Crippen LogP contribution in [-0.4, -0.2) is 109 Å². The van der Waals surface area contributed by atoms with Gasteiger partial charge in [-0.05, 0) is 157 Å². The van der Waals surface area contributed by atoms with E-state index in [-0.39, 0.29) is 29.6 Å². The molecule has 2 spiro atoms. The monoisotopic (exact) mass is 989 g/mol. The van der Waals surface area contributed by atoms with E-state index in [9.17, 15) is 19.6 Å². The van der Waals surface area contributed by atoms with Gasteiger partial charge in [-0.15, -0.1) is 11.3 Å². The minimum atomic E-state index is -0.588. The summed E-state index contributed by atoms with van der Waals surface area (Å²) in [6, 6.07) is 10.5. The lowest BCUT2D eigenvalue weighted by Crippen LogP contribution is -2.56. The van der Waals surface area contributed by atoms with Crippen molar-refractivity contribution in [2.75, 3.05) is 45.1 Å². The highest BCUT2D eigenvalue weighted by molar-refractivity contribution is 7.16. The number of rotatable bonds is 11. The molecule has 18 heteroatoms. The number of piperidine rings is 3. The molecular formula is C54H59N11O6S. The Morgan fingerprint density at radius 3 is 2.46 bits per heavy atom. The van der Waals surface area contributed by atoms with Crippen molar-refractivity contribution in [1.29, 1.82) is 5.26 Å². The van der Waals surface area contributed by atoms with E-state index in [2.05, 4.69) is 48.4 Å².